The van der Waals surface area contributed by atoms with E-state index >= 15 is 0 Å². The first-order valence-corrected chi connectivity index (χ1v) is 13.1. The van der Waals surface area contributed by atoms with Gasteiger partial charge in [-0.15, -0.1) is 0 Å². The first kappa shape index (κ1) is 22.8. The third kappa shape index (κ3) is 4.36. The van der Waals surface area contributed by atoms with E-state index in [1.165, 1.54) is 53.4 Å². The fourth-order valence-corrected chi connectivity index (χ4v) is 5.65. The van der Waals surface area contributed by atoms with Gasteiger partial charge in [-0.3, -0.25) is 14.6 Å². The number of fused-ring (bicyclic) bond motifs is 1. The quantitative estimate of drug-likeness (QED) is 0.431. The fraction of sp³-hybridized carbons (Fsp3) is 0.429. The maximum absolute atomic E-state index is 13.3. The van der Waals surface area contributed by atoms with Gasteiger partial charge in [0, 0.05) is 43.2 Å². The van der Waals surface area contributed by atoms with E-state index in [4.69, 9.17) is 5.10 Å². The molecular formula is C28H33N7O. The monoisotopic (exact) mass is 483 g/mol. The van der Waals surface area contributed by atoms with Gasteiger partial charge >= 0.3 is 0 Å². The molecule has 2 fully saturated rings. The number of rotatable bonds is 7. The molecule has 3 heterocycles. The summed E-state index contributed by atoms with van der Waals surface area (Å²) in [6.45, 7) is 5.33. The van der Waals surface area contributed by atoms with Crippen molar-refractivity contribution in [2.75, 3.05) is 24.5 Å². The number of aryl methyl sites for hydroxylation is 1. The number of carbonyl (C=O) groups is 1. The van der Waals surface area contributed by atoms with Crippen molar-refractivity contribution in [1.29, 1.82) is 0 Å². The summed E-state index contributed by atoms with van der Waals surface area (Å²) in [4.78, 5) is 21.9. The van der Waals surface area contributed by atoms with Gasteiger partial charge in [-0.25, -0.2) is 4.98 Å². The van der Waals surface area contributed by atoms with E-state index < -0.39 is 0 Å². The van der Waals surface area contributed by atoms with Crippen LogP contribution < -0.4 is 4.90 Å². The number of amides is 1. The molecule has 1 aliphatic carbocycles. The van der Waals surface area contributed by atoms with Gasteiger partial charge in [0.25, 0.3) is 0 Å². The highest BCUT2D eigenvalue weighted by atomic mass is 16.2. The normalized spacial score (nSPS) is 18.5. The van der Waals surface area contributed by atoms with Crippen molar-refractivity contribution < 1.29 is 4.79 Å². The van der Waals surface area contributed by atoms with Crippen molar-refractivity contribution in [3.8, 4) is 0 Å². The summed E-state index contributed by atoms with van der Waals surface area (Å²) < 4.78 is 2.14. The summed E-state index contributed by atoms with van der Waals surface area (Å²) in [6, 6.07) is 17.3. The maximum atomic E-state index is 13.3. The standard InChI is InChI=1S/C28H33N7O/c1-2-35-25-12-11-22(16-24(25)28(32-35)21-9-6-10-21)33-13-14-34(27(36)17-26-29-19-30-31-26)23(18-33)15-20-7-4-3-5-8-20/h3-5,7-8,11-12,16,19,21,23H,2,6,9-10,13-15,17-18H2,1H3,(H,29,30,31)/t23-/m0/s1. The van der Waals surface area contributed by atoms with E-state index in [-0.39, 0.29) is 18.4 Å². The van der Waals surface area contributed by atoms with E-state index in [9.17, 15) is 4.79 Å². The molecule has 0 bridgehead atoms. The molecule has 0 radical (unpaired) electrons. The van der Waals surface area contributed by atoms with E-state index in [0.717, 1.165) is 26.1 Å². The predicted octanol–water partition coefficient (Wildman–Crippen LogP) is 3.94. The van der Waals surface area contributed by atoms with Crippen LogP contribution in [0.3, 0.4) is 0 Å². The molecule has 1 amide bonds. The number of aromatic amines is 1. The molecular weight excluding hydrogens is 450 g/mol. The van der Waals surface area contributed by atoms with Gasteiger partial charge in [-0.05, 0) is 49.9 Å². The minimum absolute atomic E-state index is 0.0803. The SMILES string of the molecule is CCn1nc(C2CCC2)c2cc(N3CCN(C(=O)Cc4ncn[nH]4)[C@@H](Cc4ccccc4)C3)ccc21. The van der Waals surface area contributed by atoms with Crippen LogP contribution in [0.25, 0.3) is 10.9 Å². The Morgan fingerprint density at radius 1 is 1.11 bits per heavy atom. The molecule has 1 saturated carbocycles. The van der Waals surface area contributed by atoms with Crippen LogP contribution >= 0.6 is 0 Å². The van der Waals surface area contributed by atoms with E-state index in [1.807, 2.05) is 11.0 Å². The summed E-state index contributed by atoms with van der Waals surface area (Å²) in [5.74, 6) is 1.30. The van der Waals surface area contributed by atoms with Crippen LogP contribution in [0, 0.1) is 0 Å². The first-order chi connectivity index (χ1) is 17.7. The molecule has 0 unspecified atom stereocenters. The van der Waals surface area contributed by atoms with Crippen LogP contribution in [0.2, 0.25) is 0 Å². The van der Waals surface area contributed by atoms with Gasteiger partial charge in [0.05, 0.1) is 23.7 Å². The van der Waals surface area contributed by atoms with Crippen LogP contribution in [0.15, 0.2) is 54.9 Å². The molecule has 186 valence electrons. The number of H-pyrrole nitrogens is 1. The van der Waals surface area contributed by atoms with Gasteiger partial charge < -0.3 is 9.80 Å². The minimum atomic E-state index is 0.0803. The van der Waals surface area contributed by atoms with Gasteiger partial charge in [0.15, 0.2) is 0 Å². The van der Waals surface area contributed by atoms with Crippen LogP contribution in [0.1, 0.15) is 49.2 Å². The number of hydrogen-bond acceptors (Lipinski definition) is 5. The highest BCUT2D eigenvalue weighted by Gasteiger charge is 2.32. The molecule has 8 heteroatoms. The average molecular weight is 484 g/mol. The summed E-state index contributed by atoms with van der Waals surface area (Å²) in [7, 11) is 0. The molecule has 2 aromatic carbocycles. The summed E-state index contributed by atoms with van der Waals surface area (Å²) in [6.07, 6.45) is 6.31. The molecule has 1 N–H and O–H groups in total. The zero-order valence-corrected chi connectivity index (χ0v) is 20.8. The molecule has 2 aromatic heterocycles. The zero-order chi connectivity index (χ0) is 24.5. The number of benzene rings is 2. The van der Waals surface area contributed by atoms with E-state index in [2.05, 4.69) is 74.2 Å². The predicted molar refractivity (Wildman–Crippen MR) is 140 cm³/mol. The Morgan fingerprint density at radius 3 is 2.69 bits per heavy atom. The highest BCUT2D eigenvalue weighted by Crippen LogP contribution is 2.40. The number of nitrogens with zero attached hydrogens (tertiary/aromatic N) is 6. The van der Waals surface area contributed by atoms with Gasteiger partial charge in [0.2, 0.25) is 5.91 Å². The number of aromatic nitrogens is 5. The Hall–Kier alpha value is -3.68. The Kier molecular flexibility index (Phi) is 6.17. The lowest BCUT2D eigenvalue weighted by atomic mass is 9.82. The maximum Gasteiger partial charge on any atom is 0.230 e. The zero-order valence-electron chi connectivity index (χ0n) is 20.8. The average Bonchev–Trinajstić information content (AvgIpc) is 3.51. The molecule has 0 spiro atoms. The minimum Gasteiger partial charge on any atom is -0.368 e. The lowest BCUT2D eigenvalue weighted by molar-refractivity contribution is -0.133. The summed E-state index contributed by atoms with van der Waals surface area (Å²) >= 11 is 0. The molecule has 1 atom stereocenters. The smallest absolute Gasteiger partial charge is 0.230 e. The van der Waals surface area contributed by atoms with Gasteiger partial charge in [-0.1, -0.05) is 36.8 Å². The van der Waals surface area contributed by atoms with Crippen LogP contribution in [0.5, 0.6) is 0 Å². The topological polar surface area (TPSA) is 82.9 Å². The van der Waals surface area contributed by atoms with Gasteiger partial charge in [-0.2, -0.15) is 10.2 Å². The van der Waals surface area contributed by atoms with E-state index in [1.54, 1.807) is 0 Å². The molecule has 8 nitrogen and oxygen atoms in total. The first-order valence-electron chi connectivity index (χ1n) is 13.1. The molecule has 4 aromatic rings. The summed E-state index contributed by atoms with van der Waals surface area (Å²) in [5, 5.41) is 13.0. The van der Waals surface area contributed by atoms with Crippen molar-refractivity contribution in [1.82, 2.24) is 29.9 Å². The van der Waals surface area contributed by atoms with Crippen LogP contribution in [0.4, 0.5) is 5.69 Å². The third-order valence-electron chi connectivity index (χ3n) is 7.82. The number of hydrogen-bond donors (Lipinski definition) is 1. The lowest BCUT2D eigenvalue weighted by Crippen LogP contribution is -2.56. The molecule has 36 heavy (non-hydrogen) atoms. The Morgan fingerprint density at radius 2 is 1.97 bits per heavy atom. The van der Waals surface area contributed by atoms with Crippen molar-refractivity contribution in [3.05, 3.63) is 71.9 Å². The summed E-state index contributed by atoms with van der Waals surface area (Å²) in [5.41, 5.74) is 4.96. The molecule has 6 rings (SSSR count). The fourth-order valence-electron chi connectivity index (χ4n) is 5.65. The van der Waals surface area contributed by atoms with Crippen molar-refractivity contribution in [2.45, 2.75) is 57.5 Å². The lowest BCUT2D eigenvalue weighted by Gasteiger charge is -2.42. The third-order valence-corrected chi connectivity index (χ3v) is 7.82. The number of piperazine rings is 1. The Balaban J connectivity index is 1.28. The van der Waals surface area contributed by atoms with Crippen LogP contribution in [-0.2, 0) is 24.2 Å². The number of nitrogens with one attached hydrogen (secondary N) is 1. The van der Waals surface area contributed by atoms with Crippen LogP contribution in [-0.4, -0.2) is 61.4 Å². The van der Waals surface area contributed by atoms with Gasteiger partial charge in [0.1, 0.15) is 12.2 Å². The highest BCUT2D eigenvalue weighted by molar-refractivity contribution is 5.86. The van der Waals surface area contributed by atoms with E-state index in [0.29, 0.717) is 18.3 Å². The molecule has 1 saturated heterocycles. The number of anilines is 1. The van der Waals surface area contributed by atoms with Crippen molar-refractivity contribution in [3.63, 3.8) is 0 Å². The largest absolute Gasteiger partial charge is 0.368 e. The Bertz CT molecular complexity index is 1330. The molecule has 1 aliphatic heterocycles. The van der Waals surface area contributed by atoms with Crippen molar-refractivity contribution >= 4 is 22.5 Å². The second-order valence-corrected chi connectivity index (χ2v) is 10.0. The second kappa shape index (κ2) is 9.76. The Labute approximate surface area is 211 Å². The second-order valence-electron chi connectivity index (χ2n) is 10.0. The van der Waals surface area contributed by atoms with Crippen molar-refractivity contribution in [2.24, 2.45) is 0 Å². The number of carbonyl (C=O) groups excluding carboxylic acids is 1. The molecule has 2 aliphatic rings.